The van der Waals surface area contributed by atoms with Gasteiger partial charge in [0.1, 0.15) is 16.8 Å². The number of hydrogen-bond donors (Lipinski definition) is 5. The number of anilines is 3. The monoisotopic (exact) mass is 559 g/mol. The van der Waals surface area contributed by atoms with Crippen molar-refractivity contribution in [3.8, 4) is 11.3 Å². The Morgan fingerprint density at radius 3 is 2.61 bits per heavy atom. The highest BCUT2D eigenvalue weighted by Gasteiger charge is 2.19. The third kappa shape index (κ3) is 4.92. The molecule has 0 spiro atoms. The standard InChI is InChI=1S/C26H22BrN7OS/c27-24(28)21-19(30-12-16-8-4-9-18(33-16)15-6-2-1-3-7-15)10-5-11-20(21)34-26(35)17-13-36-23-22(17)31-14-32-25(23)29/h1-11,13-14,26,28,30,34-35H,12H2,(H2,29,31,32). The number of halogens is 1. The molecule has 6 N–H and O–H groups in total. The zero-order chi connectivity index (χ0) is 25.1. The van der Waals surface area contributed by atoms with Crippen LogP contribution in [0.15, 0.2) is 78.4 Å². The molecule has 1 unspecified atom stereocenters. The van der Waals surface area contributed by atoms with E-state index in [-0.39, 0.29) is 4.62 Å². The van der Waals surface area contributed by atoms with Crippen LogP contribution in [-0.4, -0.2) is 24.7 Å². The number of pyridine rings is 1. The molecular weight excluding hydrogens is 538 g/mol. The minimum atomic E-state index is -1.06. The van der Waals surface area contributed by atoms with Gasteiger partial charge in [0.15, 0.2) is 6.23 Å². The van der Waals surface area contributed by atoms with Crippen LogP contribution in [0.3, 0.4) is 0 Å². The van der Waals surface area contributed by atoms with E-state index < -0.39 is 6.23 Å². The first-order chi connectivity index (χ1) is 17.5. The van der Waals surface area contributed by atoms with Crippen molar-refractivity contribution in [2.75, 3.05) is 16.4 Å². The molecular formula is C26H22BrN7OS. The molecule has 2 aromatic carbocycles. The molecule has 0 bridgehead atoms. The lowest BCUT2D eigenvalue weighted by Crippen LogP contribution is -2.14. The zero-order valence-electron chi connectivity index (χ0n) is 18.9. The van der Waals surface area contributed by atoms with Gasteiger partial charge in [-0.1, -0.05) is 42.5 Å². The number of nitrogen functional groups attached to an aromatic ring is 1. The van der Waals surface area contributed by atoms with E-state index in [9.17, 15) is 5.11 Å². The molecule has 0 saturated heterocycles. The van der Waals surface area contributed by atoms with Gasteiger partial charge in [0, 0.05) is 27.9 Å². The van der Waals surface area contributed by atoms with E-state index in [1.807, 2.05) is 66.7 Å². The number of fused-ring (bicyclic) bond motifs is 1. The Morgan fingerprint density at radius 1 is 1.03 bits per heavy atom. The molecule has 3 heterocycles. The number of aliphatic hydroxyl groups excluding tert-OH is 1. The quantitative estimate of drug-likeness (QED) is 0.120. The van der Waals surface area contributed by atoms with E-state index in [0.29, 0.717) is 34.7 Å². The molecule has 0 aliphatic rings. The van der Waals surface area contributed by atoms with Crippen LogP contribution in [0, 0.1) is 5.41 Å². The molecule has 0 aliphatic carbocycles. The highest BCUT2D eigenvalue weighted by molar-refractivity contribution is 9.18. The fraction of sp³-hybridized carbons (Fsp3) is 0.0769. The number of nitrogens with one attached hydrogen (secondary N) is 3. The largest absolute Gasteiger partial charge is 0.382 e. The van der Waals surface area contributed by atoms with E-state index in [1.165, 1.54) is 17.7 Å². The predicted molar refractivity (Wildman–Crippen MR) is 150 cm³/mol. The average molecular weight is 560 g/mol. The molecule has 3 aromatic heterocycles. The topological polar surface area (TPSA) is 133 Å². The van der Waals surface area contributed by atoms with Crippen LogP contribution >= 0.6 is 27.3 Å². The van der Waals surface area contributed by atoms with E-state index in [4.69, 9.17) is 16.1 Å². The molecule has 36 heavy (non-hydrogen) atoms. The fourth-order valence-corrected chi connectivity index (χ4v) is 5.26. The highest BCUT2D eigenvalue weighted by Crippen LogP contribution is 2.34. The van der Waals surface area contributed by atoms with Crippen LogP contribution in [0.2, 0.25) is 0 Å². The minimum Gasteiger partial charge on any atom is -0.382 e. The third-order valence-corrected chi connectivity index (χ3v) is 7.02. The van der Waals surface area contributed by atoms with Crippen LogP contribution in [0.4, 0.5) is 17.2 Å². The predicted octanol–water partition coefficient (Wildman–Crippen LogP) is 5.77. The maximum atomic E-state index is 11.0. The third-order valence-electron chi connectivity index (χ3n) is 5.62. The lowest BCUT2D eigenvalue weighted by molar-refractivity contribution is 0.210. The van der Waals surface area contributed by atoms with Gasteiger partial charge < -0.3 is 21.5 Å². The first kappa shape index (κ1) is 23.9. The van der Waals surface area contributed by atoms with Crippen LogP contribution in [0.1, 0.15) is 23.0 Å². The number of benzene rings is 2. The summed E-state index contributed by atoms with van der Waals surface area (Å²) in [5.74, 6) is 0.377. The van der Waals surface area contributed by atoms with Gasteiger partial charge in [0.2, 0.25) is 0 Å². The Bertz CT molecular complexity index is 1540. The summed E-state index contributed by atoms with van der Waals surface area (Å²) in [5, 5.41) is 27.6. The van der Waals surface area contributed by atoms with Crippen molar-refractivity contribution in [1.29, 1.82) is 5.41 Å². The van der Waals surface area contributed by atoms with Crippen molar-refractivity contribution in [1.82, 2.24) is 15.0 Å². The summed E-state index contributed by atoms with van der Waals surface area (Å²) in [5.41, 5.74) is 11.8. The number of nitrogens with zero attached hydrogens (tertiary/aromatic N) is 3. The van der Waals surface area contributed by atoms with Crippen molar-refractivity contribution >= 4 is 59.3 Å². The van der Waals surface area contributed by atoms with E-state index >= 15 is 0 Å². The summed E-state index contributed by atoms with van der Waals surface area (Å²) in [6.45, 7) is 0.464. The second-order valence-electron chi connectivity index (χ2n) is 7.95. The van der Waals surface area contributed by atoms with Gasteiger partial charge in [0.05, 0.1) is 33.7 Å². The van der Waals surface area contributed by atoms with Crippen LogP contribution in [0.5, 0.6) is 0 Å². The van der Waals surface area contributed by atoms with E-state index in [2.05, 4.69) is 36.5 Å². The van der Waals surface area contributed by atoms with Crippen molar-refractivity contribution in [2.45, 2.75) is 12.8 Å². The highest BCUT2D eigenvalue weighted by atomic mass is 79.9. The molecule has 0 aliphatic heterocycles. The SMILES string of the molecule is N=C(Br)c1c(NCc2cccc(-c3ccccc3)n2)cccc1NC(O)c1csc2c(N)ncnc12. The molecule has 0 saturated carbocycles. The van der Waals surface area contributed by atoms with Crippen LogP contribution < -0.4 is 16.4 Å². The van der Waals surface area contributed by atoms with Gasteiger partial charge in [-0.15, -0.1) is 11.3 Å². The second kappa shape index (κ2) is 10.4. The van der Waals surface area contributed by atoms with Crippen LogP contribution in [0.25, 0.3) is 21.5 Å². The summed E-state index contributed by atoms with van der Waals surface area (Å²) < 4.78 is 0.899. The van der Waals surface area contributed by atoms with Crippen LogP contribution in [-0.2, 0) is 6.54 Å². The number of aliphatic hydroxyl groups is 1. The summed E-state index contributed by atoms with van der Waals surface area (Å²) >= 11 is 4.69. The van der Waals surface area contributed by atoms with Crippen molar-refractivity contribution in [3.63, 3.8) is 0 Å². The molecule has 8 nitrogen and oxygen atoms in total. The Balaban J connectivity index is 1.38. The molecule has 10 heteroatoms. The molecule has 5 rings (SSSR count). The number of nitrogens with two attached hydrogens (primary N) is 1. The Kier molecular flexibility index (Phi) is 6.90. The number of rotatable bonds is 8. The summed E-state index contributed by atoms with van der Waals surface area (Å²) in [6.07, 6.45) is 0.323. The zero-order valence-corrected chi connectivity index (χ0v) is 21.3. The number of hydrogen-bond acceptors (Lipinski definition) is 9. The van der Waals surface area contributed by atoms with Crippen molar-refractivity contribution in [3.05, 3.63) is 95.3 Å². The summed E-state index contributed by atoms with van der Waals surface area (Å²) in [6, 6.07) is 21.5. The normalized spacial score (nSPS) is 11.8. The van der Waals surface area contributed by atoms with Gasteiger partial charge in [-0.2, -0.15) is 0 Å². The fourth-order valence-electron chi connectivity index (χ4n) is 3.90. The molecule has 0 fully saturated rings. The number of aromatic nitrogens is 3. The smallest absolute Gasteiger partial charge is 0.153 e. The van der Waals surface area contributed by atoms with Crippen molar-refractivity contribution < 1.29 is 5.11 Å². The Morgan fingerprint density at radius 2 is 1.81 bits per heavy atom. The maximum Gasteiger partial charge on any atom is 0.153 e. The molecule has 180 valence electrons. The summed E-state index contributed by atoms with van der Waals surface area (Å²) in [4.78, 5) is 13.1. The van der Waals surface area contributed by atoms with Gasteiger partial charge in [-0.3, -0.25) is 10.4 Å². The maximum absolute atomic E-state index is 11.0. The molecule has 5 aromatic rings. The Hall–Kier alpha value is -3.86. The summed E-state index contributed by atoms with van der Waals surface area (Å²) in [7, 11) is 0. The van der Waals surface area contributed by atoms with Gasteiger partial charge in [0.25, 0.3) is 0 Å². The minimum absolute atomic E-state index is 0.174. The molecule has 1 atom stereocenters. The average Bonchev–Trinajstić information content (AvgIpc) is 3.34. The second-order valence-corrected chi connectivity index (χ2v) is 9.62. The van der Waals surface area contributed by atoms with Crippen molar-refractivity contribution in [2.24, 2.45) is 0 Å². The first-order valence-electron chi connectivity index (χ1n) is 11.1. The first-order valence-corrected chi connectivity index (χ1v) is 12.7. The van der Waals surface area contributed by atoms with E-state index in [1.54, 1.807) is 5.38 Å². The van der Waals surface area contributed by atoms with Gasteiger partial charge >= 0.3 is 0 Å². The number of thiophene rings is 1. The van der Waals surface area contributed by atoms with Gasteiger partial charge in [-0.05, 0) is 40.2 Å². The Labute approximate surface area is 219 Å². The molecule has 0 amide bonds. The lowest BCUT2D eigenvalue weighted by atomic mass is 10.1. The van der Waals surface area contributed by atoms with E-state index in [0.717, 1.165) is 27.3 Å². The molecule has 0 radical (unpaired) electrons. The lowest BCUT2D eigenvalue weighted by Gasteiger charge is -2.19. The van der Waals surface area contributed by atoms with Gasteiger partial charge in [-0.25, -0.2) is 9.97 Å².